The number of ether oxygens (including phenoxy) is 1. The predicted octanol–water partition coefficient (Wildman–Crippen LogP) is 5.22. The van der Waals surface area contributed by atoms with E-state index >= 15 is 0 Å². The molecule has 0 aliphatic rings. The molecular formula is C33H35N2O3P. The van der Waals surface area contributed by atoms with E-state index in [2.05, 4.69) is 41.0 Å². The van der Waals surface area contributed by atoms with Gasteiger partial charge in [0.15, 0.2) is 0 Å². The zero-order valence-corrected chi connectivity index (χ0v) is 23.7. The highest BCUT2D eigenvalue weighted by Crippen LogP contribution is 2.36. The van der Waals surface area contributed by atoms with E-state index in [1.807, 2.05) is 99.6 Å². The molecule has 6 heteroatoms. The molecule has 39 heavy (non-hydrogen) atoms. The standard InChI is InChI=1S/C33H35N2O3P/c1-23(2)30(33(37)38-4)35-31(32(36)34-25-21-19-24(3)20-22-25)28-17-11-12-18-29(28)39(26-13-7-5-8-14-26)27-15-9-6-10-16-27/h5-23,30-31,35H,1-4H3,(H,34,36)/t30-,31+/m0/s1. The van der Waals surface area contributed by atoms with Gasteiger partial charge in [0.1, 0.15) is 12.1 Å². The Morgan fingerprint density at radius 2 is 1.28 bits per heavy atom. The lowest BCUT2D eigenvalue weighted by atomic mass is 9.99. The smallest absolute Gasteiger partial charge is 0.323 e. The Labute approximate surface area is 232 Å². The van der Waals surface area contributed by atoms with E-state index in [0.29, 0.717) is 5.69 Å². The summed E-state index contributed by atoms with van der Waals surface area (Å²) in [6.45, 7) is 5.89. The molecule has 5 nitrogen and oxygen atoms in total. The van der Waals surface area contributed by atoms with Crippen LogP contribution in [0.25, 0.3) is 0 Å². The molecule has 0 saturated carbocycles. The van der Waals surface area contributed by atoms with Gasteiger partial charge in [-0.2, -0.15) is 0 Å². The van der Waals surface area contributed by atoms with Crippen LogP contribution in [0.3, 0.4) is 0 Å². The maximum absolute atomic E-state index is 14.0. The predicted molar refractivity (Wildman–Crippen MR) is 161 cm³/mol. The minimum absolute atomic E-state index is 0.0935. The molecular weight excluding hydrogens is 503 g/mol. The third-order valence-corrected chi connectivity index (χ3v) is 9.08. The van der Waals surface area contributed by atoms with Crippen molar-refractivity contribution in [3.05, 3.63) is 120 Å². The molecule has 2 N–H and O–H groups in total. The molecule has 0 saturated heterocycles. The summed E-state index contributed by atoms with van der Waals surface area (Å²) in [6, 6.07) is 35.0. The number of rotatable bonds is 10. The third-order valence-electron chi connectivity index (χ3n) is 6.57. The van der Waals surface area contributed by atoms with Gasteiger partial charge in [0.2, 0.25) is 5.91 Å². The first-order valence-electron chi connectivity index (χ1n) is 13.1. The normalized spacial score (nSPS) is 12.7. The molecule has 0 spiro atoms. The van der Waals surface area contributed by atoms with Gasteiger partial charge >= 0.3 is 5.97 Å². The average Bonchev–Trinajstić information content (AvgIpc) is 2.96. The molecule has 0 heterocycles. The van der Waals surface area contributed by atoms with E-state index in [1.54, 1.807) is 0 Å². The van der Waals surface area contributed by atoms with Crippen LogP contribution in [-0.2, 0) is 14.3 Å². The summed E-state index contributed by atoms with van der Waals surface area (Å²) in [6.07, 6.45) is 0. The summed E-state index contributed by atoms with van der Waals surface area (Å²) in [5.41, 5.74) is 2.63. The average molecular weight is 539 g/mol. The van der Waals surface area contributed by atoms with Crippen LogP contribution >= 0.6 is 7.92 Å². The van der Waals surface area contributed by atoms with Crippen LogP contribution in [0.4, 0.5) is 5.69 Å². The zero-order chi connectivity index (χ0) is 27.8. The molecule has 4 rings (SSSR count). The van der Waals surface area contributed by atoms with Crippen molar-refractivity contribution in [1.29, 1.82) is 0 Å². The van der Waals surface area contributed by atoms with E-state index in [0.717, 1.165) is 16.4 Å². The largest absolute Gasteiger partial charge is 0.468 e. The van der Waals surface area contributed by atoms with Gasteiger partial charge < -0.3 is 10.1 Å². The molecule has 200 valence electrons. The number of hydrogen-bond acceptors (Lipinski definition) is 4. The number of hydrogen-bond donors (Lipinski definition) is 2. The lowest BCUT2D eigenvalue weighted by molar-refractivity contribution is -0.144. The second kappa shape index (κ2) is 13.3. The summed E-state index contributed by atoms with van der Waals surface area (Å²) in [5.74, 6) is -0.732. The van der Waals surface area contributed by atoms with Crippen LogP contribution in [0.1, 0.15) is 31.0 Å². The molecule has 0 radical (unpaired) electrons. The van der Waals surface area contributed by atoms with Gasteiger partial charge in [-0.05, 0) is 54.4 Å². The maximum atomic E-state index is 14.0. The minimum atomic E-state index is -0.983. The van der Waals surface area contributed by atoms with E-state index in [1.165, 1.54) is 17.7 Å². The quantitative estimate of drug-likeness (QED) is 0.215. The number of carbonyl (C=O) groups is 2. The molecule has 4 aromatic carbocycles. The van der Waals surface area contributed by atoms with Crippen LogP contribution in [0.5, 0.6) is 0 Å². The lowest BCUT2D eigenvalue weighted by Crippen LogP contribution is -2.48. The topological polar surface area (TPSA) is 67.4 Å². The first-order valence-corrected chi connectivity index (χ1v) is 14.4. The number of anilines is 1. The highest BCUT2D eigenvalue weighted by atomic mass is 31.1. The summed E-state index contributed by atoms with van der Waals surface area (Å²) in [4.78, 5) is 26.8. The van der Waals surface area contributed by atoms with Crippen molar-refractivity contribution in [1.82, 2.24) is 5.32 Å². The van der Waals surface area contributed by atoms with Gasteiger partial charge in [0.25, 0.3) is 0 Å². The molecule has 0 bridgehead atoms. The Bertz CT molecular complexity index is 1340. The number of amides is 1. The Kier molecular flexibility index (Phi) is 9.64. The van der Waals surface area contributed by atoms with Gasteiger partial charge in [-0.25, -0.2) is 0 Å². The van der Waals surface area contributed by atoms with Crippen LogP contribution in [0.2, 0.25) is 0 Å². The number of benzene rings is 4. The summed E-state index contributed by atoms with van der Waals surface area (Å²) < 4.78 is 5.11. The fourth-order valence-corrected chi connectivity index (χ4v) is 7.01. The van der Waals surface area contributed by atoms with Crippen molar-refractivity contribution in [3.8, 4) is 0 Å². The lowest BCUT2D eigenvalue weighted by Gasteiger charge is -2.30. The second-order valence-electron chi connectivity index (χ2n) is 9.77. The molecule has 0 fully saturated rings. The minimum Gasteiger partial charge on any atom is -0.468 e. The van der Waals surface area contributed by atoms with Crippen LogP contribution in [-0.4, -0.2) is 25.0 Å². The monoisotopic (exact) mass is 538 g/mol. The molecule has 0 unspecified atom stereocenters. The first-order chi connectivity index (χ1) is 18.9. The van der Waals surface area contributed by atoms with E-state index in [9.17, 15) is 9.59 Å². The van der Waals surface area contributed by atoms with Crippen LogP contribution < -0.4 is 26.5 Å². The van der Waals surface area contributed by atoms with Crippen molar-refractivity contribution < 1.29 is 14.3 Å². The van der Waals surface area contributed by atoms with Gasteiger partial charge in [-0.3, -0.25) is 14.9 Å². The van der Waals surface area contributed by atoms with Crippen molar-refractivity contribution >= 4 is 41.4 Å². The number of aryl methyl sites for hydroxylation is 1. The first kappa shape index (κ1) is 28.2. The highest BCUT2D eigenvalue weighted by Gasteiger charge is 2.33. The van der Waals surface area contributed by atoms with Crippen LogP contribution in [0, 0.1) is 12.8 Å². The van der Waals surface area contributed by atoms with Gasteiger partial charge in [0, 0.05) is 5.69 Å². The molecule has 0 aliphatic carbocycles. The Morgan fingerprint density at radius 3 is 1.82 bits per heavy atom. The van der Waals surface area contributed by atoms with E-state index < -0.39 is 26.0 Å². The fourth-order valence-electron chi connectivity index (χ4n) is 4.51. The van der Waals surface area contributed by atoms with Crippen molar-refractivity contribution in [2.45, 2.75) is 32.9 Å². The summed E-state index contributed by atoms with van der Waals surface area (Å²) in [7, 11) is 0.391. The highest BCUT2D eigenvalue weighted by molar-refractivity contribution is 7.79. The molecule has 4 aromatic rings. The van der Waals surface area contributed by atoms with Gasteiger partial charge in [0.05, 0.1) is 7.11 Å². The van der Waals surface area contributed by atoms with E-state index in [-0.39, 0.29) is 11.8 Å². The third kappa shape index (κ3) is 7.00. The van der Waals surface area contributed by atoms with Crippen molar-refractivity contribution in [2.24, 2.45) is 5.92 Å². The Morgan fingerprint density at radius 1 is 0.744 bits per heavy atom. The molecule has 2 atom stereocenters. The molecule has 0 aromatic heterocycles. The van der Waals surface area contributed by atoms with Crippen molar-refractivity contribution in [3.63, 3.8) is 0 Å². The van der Waals surface area contributed by atoms with Crippen LogP contribution in [0.15, 0.2) is 109 Å². The van der Waals surface area contributed by atoms with E-state index in [4.69, 9.17) is 4.74 Å². The van der Waals surface area contributed by atoms with Gasteiger partial charge in [-0.1, -0.05) is 116 Å². The van der Waals surface area contributed by atoms with Crippen molar-refractivity contribution in [2.75, 3.05) is 12.4 Å². The molecule has 0 aliphatic heterocycles. The Hall–Kier alpha value is -3.79. The maximum Gasteiger partial charge on any atom is 0.323 e. The fraction of sp³-hybridized carbons (Fsp3) is 0.212. The summed E-state index contributed by atoms with van der Waals surface area (Å²) in [5, 5.41) is 9.85. The number of methoxy groups -OCH3 is 1. The number of nitrogens with one attached hydrogen (secondary N) is 2. The van der Waals surface area contributed by atoms with Gasteiger partial charge in [-0.15, -0.1) is 0 Å². The number of carbonyl (C=O) groups excluding carboxylic acids is 2. The second-order valence-corrected chi connectivity index (χ2v) is 12.0. The summed E-state index contributed by atoms with van der Waals surface area (Å²) >= 11 is 0. The Balaban J connectivity index is 1.84. The zero-order valence-electron chi connectivity index (χ0n) is 22.8. The molecule has 1 amide bonds. The SMILES string of the molecule is COC(=O)[C@@H](N[C@@H](C(=O)Nc1ccc(C)cc1)c1ccccc1P(c1ccccc1)c1ccccc1)C(C)C. The number of esters is 1.